The summed E-state index contributed by atoms with van der Waals surface area (Å²) in [5, 5.41) is 5.31. The van der Waals surface area contributed by atoms with E-state index in [0.717, 1.165) is 24.2 Å². The molecular formula is C14H15Cl2N3OS. The van der Waals surface area contributed by atoms with E-state index in [1.54, 1.807) is 12.1 Å². The Labute approximate surface area is 137 Å². The van der Waals surface area contributed by atoms with Crippen LogP contribution in [-0.2, 0) is 5.54 Å². The molecule has 112 valence electrons. The Hall–Kier alpha value is -0.750. The highest BCUT2D eigenvalue weighted by Crippen LogP contribution is 2.41. The summed E-state index contributed by atoms with van der Waals surface area (Å²) in [6, 6.07) is 5.37. The lowest BCUT2D eigenvalue weighted by molar-refractivity contribution is 0.229. The summed E-state index contributed by atoms with van der Waals surface area (Å²) in [7, 11) is 0. The predicted molar refractivity (Wildman–Crippen MR) is 84.7 cm³/mol. The van der Waals surface area contributed by atoms with Gasteiger partial charge in [0.1, 0.15) is 0 Å². The molecule has 1 saturated carbocycles. The van der Waals surface area contributed by atoms with Crippen molar-refractivity contribution in [1.82, 2.24) is 10.1 Å². The van der Waals surface area contributed by atoms with Gasteiger partial charge in [-0.2, -0.15) is 4.98 Å². The fraction of sp³-hybridized carbons (Fsp3) is 0.429. The number of nitrogens with zero attached hydrogens (tertiary/aromatic N) is 2. The molecule has 1 fully saturated rings. The molecule has 1 aromatic heterocycles. The molecule has 7 heteroatoms. The van der Waals surface area contributed by atoms with Gasteiger partial charge in [-0.05, 0) is 44.4 Å². The van der Waals surface area contributed by atoms with Crippen molar-refractivity contribution in [3.63, 3.8) is 0 Å². The summed E-state index contributed by atoms with van der Waals surface area (Å²) >= 11 is 13.7. The smallest absolute Gasteiger partial charge is 0.239 e. The first kappa shape index (κ1) is 15.2. The highest BCUT2D eigenvalue weighted by Gasteiger charge is 2.39. The molecule has 1 heterocycles. The zero-order valence-electron chi connectivity index (χ0n) is 11.5. The van der Waals surface area contributed by atoms with Crippen molar-refractivity contribution in [2.75, 3.05) is 0 Å². The van der Waals surface area contributed by atoms with Crippen LogP contribution in [-0.4, -0.2) is 10.1 Å². The van der Waals surface area contributed by atoms with E-state index in [4.69, 9.17) is 33.5 Å². The molecule has 1 unspecified atom stereocenters. The molecular weight excluding hydrogens is 329 g/mol. The Kier molecular flexibility index (Phi) is 4.19. The maximum Gasteiger partial charge on any atom is 0.239 e. The van der Waals surface area contributed by atoms with E-state index in [1.807, 2.05) is 13.0 Å². The number of nitrogens with two attached hydrogens (primary N) is 1. The van der Waals surface area contributed by atoms with Crippen LogP contribution >= 0.6 is 35.0 Å². The SMILES string of the molecule is CC(Sc1cc(Cl)ccc1Cl)c1nc(C2(N)CCC2)no1. The molecule has 1 atom stereocenters. The van der Waals surface area contributed by atoms with Gasteiger partial charge in [0.15, 0.2) is 5.82 Å². The van der Waals surface area contributed by atoms with Crippen LogP contribution in [0.3, 0.4) is 0 Å². The van der Waals surface area contributed by atoms with Gasteiger partial charge in [0.2, 0.25) is 5.89 Å². The number of hydrogen-bond donors (Lipinski definition) is 1. The quantitative estimate of drug-likeness (QED) is 0.823. The summed E-state index contributed by atoms with van der Waals surface area (Å²) < 4.78 is 5.35. The highest BCUT2D eigenvalue weighted by molar-refractivity contribution is 7.99. The van der Waals surface area contributed by atoms with Gasteiger partial charge in [-0.3, -0.25) is 0 Å². The average Bonchev–Trinajstić information content (AvgIpc) is 2.90. The molecule has 4 nitrogen and oxygen atoms in total. The maximum absolute atomic E-state index is 6.20. The van der Waals surface area contributed by atoms with Crippen molar-refractivity contribution in [3.05, 3.63) is 40.0 Å². The summed E-state index contributed by atoms with van der Waals surface area (Å²) in [4.78, 5) is 5.34. The Bertz CT molecular complexity index is 657. The van der Waals surface area contributed by atoms with E-state index in [1.165, 1.54) is 11.8 Å². The standard InChI is InChI=1S/C14H15Cl2N3OS/c1-8(21-11-7-9(15)3-4-10(11)16)12-18-13(19-20-12)14(17)5-2-6-14/h3-4,7-8H,2,5-6,17H2,1H3. The zero-order chi connectivity index (χ0) is 15.0. The molecule has 2 N–H and O–H groups in total. The van der Waals surface area contributed by atoms with Crippen LogP contribution < -0.4 is 5.73 Å². The third-order valence-electron chi connectivity index (χ3n) is 3.68. The van der Waals surface area contributed by atoms with Crippen molar-refractivity contribution < 1.29 is 4.52 Å². The van der Waals surface area contributed by atoms with Gasteiger partial charge in [0.05, 0.1) is 15.8 Å². The lowest BCUT2D eigenvalue weighted by Crippen LogP contribution is -2.44. The molecule has 0 radical (unpaired) electrons. The maximum atomic E-state index is 6.20. The first-order chi connectivity index (χ1) is 9.98. The van der Waals surface area contributed by atoms with Crippen molar-refractivity contribution in [2.24, 2.45) is 5.73 Å². The predicted octanol–water partition coefficient (Wildman–Crippen LogP) is 4.57. The fourth-order valence-electron chi connectivity index (χ4n) is 2.19. The zero-order valence-corrected chi connectivity index (χ0v) is 13.8. The van der Waals surface area contributed by atoms with E-state index in [-0.39, 0.29) is 5.25 Å². The second kappa shape index (κ2) is 5.80. The van der Waals surface area contributed by atoms with Gasteiger partial charge in [-0.25, -0.2) is 0 Å². The van der Waals surface area contributed by atoms with Crippen LogP contribution in [0.2, 0.25) is 10.0 Å². The molecule has 2 aromatic rings. The van der Waals surface area contributed by atoms with Crippen molar-refractivity contribution in [2.45, 2.75) is 41.9 Å². The van der Waals surface area contributed by atoms with Crippen LogP contribution in [0.1, 0.15) is 43.2 Å². The highest BCUT2D eigenvalue weighted by atomic mass is 35.5. The van der Waals surface area contributed by atoms with E-state index in [2.05, 4.69) is 10.1 Å². The van der Waals surface area contributed by atoms with Gasteiger partial charge in [0.25, 0.3) is 0 Å². The molecule has 1 aromatic carbocycles. The number of rotatable bonds is 4. The number of benzene rings is 1. The summed E-state index contributed by atoms with van der Waals surface area (Å²) in [6.07, 6.45) is 2.93. The summed E-state index contributed by atoms with van der Waals surface area (Å²) in [6.45, 7) is 1.99. The molecule has 21 heavy (non-hydrogen) atoms. The number of hydrogen-bond acceptors (Lipinski definition) is 5. The van der Waals surface area contributed by atoms with Gasteiger partial charge in [-0.1, -0.05) is 28.4 Å². The minimum atomic E-state index is -0.403. The topological polar surface area (TPSA) is 64.9 Å². The van der Waals surface area contributed by atoms with Crippen LogP contribution in [0.5, 0.6) is 0 Å². The monoisotopic (exact) mass is 343 g/mol. The molecule has 0 aliphatic heterocycles. The Morgan fingerprint density at radius 2 is 2.14 bits per heavy atom. The number of halogens is 2. The van der Waals surface area contributed by atoms with E-state index in [9.17, 15) is 0 Å². The van der Waals surface area contributed by atoms with E-state index < -0.39 is 5.54 Å². The van der Waals surface area contributed by atoms with Crippen LogP contribution in [0.25, 0.3) is 0 Å². The van der Waals surface area contributed by atoms with Crippen molar-refractivity contribution in [3.8, 4) is 0 Å². The van der Waals surface area contributed by atoms with Crippen LogP contribution in [0.15, 0.2) is 27.6 Å². The minimum absolute atomic E-state index is 0.0223. The van der Waals surface area contributed by atoms with Crippen molar-refractivity contribution in [1.29, 1.82) is 0 Å². The summed E-state index contributed by atoms with van der Waals surface area (Å²) in [5.41, 5.74) is 5.80. The van der Waals surface area contributed by atoms with Crippen molar-refractivity contribution >= 4 is 35.0 Å². The Morgan fingerprint density at radius 3 is 2.81 bits per heavy atom. The van der Waals surface area contributed by atoms with E-state index in [0.29, 0.717) is 21.8 Å². The normalized spacial score (nSPS) is 18.3. The molecule has 1 aliphatic rings. The third-order valence-corrected chi connectivity index (χ3v) is 5.50. The molecule has 0 saturated heterocycles. The van der Waals surface area contributed by atoms with Gasteiger partial charge >= 0.3 is 0 Å². The van der Waals surface area contributed by atoms with Crippen LogP contribution in [0.4, 0.5) is 0 Å². The Balaban J connectivity index is 1.76. The minimum Gasteiger partial charge on any atom is -0.338 e. The van der Waals surface area contributed by atoms with Gasteiger partial charge in [0, 0.05) is 9.92 Å². The molecule has 0 bridgehead atoms. The summed E-state index contributed by atoms with van der Waals surface area (Å²) in [5.74, 6) is 1.16. The average molecular weight is 344 g/mol. The molecule has 3 rings (SSSR count). The first-order valence-corrected chi connectivity index (χ1v) is 8.36. The number of aromatic nitrogens is 2. The second-order valence-electron chi connectivity index (χ2n) is 5.30. The third kappa shape index (κ3) is 3.06. The van der Waals surface area contributed by atoms with Crippen LogP contribution in [0, 0.1) is 0 Å². The van der Waals surface area contributed by atoms with Gasteiger partial charge in [-0.15, -0.1) is 11.8 Å². The largest absolute Gasteiger partial charge is 0.338 e. The molecule has 1 aliphatic carbocycles. The molecule has 0 spiro atoms. The Morgan fingerprint density at radius 1 is 1.38 bits per heavy atom. The number of thioether (sulfide) groups is 1. The van der Waals surface area contributed by atoms with E-state index >= 15 is 0 Å². The second-order valence-corrected chi connectivity index (χ2v) is 7.53. The molecule has 0 amide bonds. The first-order valence-electron chi connectivity index (χ1n) is 6.73. The fourth-order valence-corrected chi connectivity index (χ4v) is 3.63. The lowest BCUT2D eigenvalue weighted by atomic mass is 9.77. The van der Waals surface area contributed by atoms with Gasteiger partial charge < -0.3 is 10.3 Å². The lowest BCUT2D eigenvalue weighted by Gasteiger charge is -2.34.